The maximum absolute atomic E-state index is 12.8. The van der Waals surface area contributed by atoms with Crippen LogP contribution in [0.5, 0.6) is 5.75 Å². The van der Waals surface area contributed by atoms with Crippen LogP contribution in [0.25, 0.3) is 0 Å². The van der Waals surface area contributed by atoms with E-state index in [9.17, 15) is 21.2 Å². The van der Waals surface area contributed by atoms with Crippen LogP contribution in [0, 0.1) is 5.82 Å². The van der Waals surface area contributed by atoms with E-state index in [2.05, 4.69) is 4.72 Å². The van der Waals surface area contributed by atoms with Crippen molar-refractivity contribution in [2.75, 3.05) is 37.7 Å². The lowest BCUT2D eigenvalue weighted by molar-refractivity contribution is 0.339. The van der Waals surface area contributed by atoms with Gasteiger partial charge in [0.2, 0.25) is 20.0 Å². The van der Waals surface area contributed by atoms with Gasteiger partial charge in [-0.05, 0) is 37.1 Å². The summed E-state index contributed by atoms with van der Waals surface area (Å²) in [5.41, 5.74) is 0. The minimum absolute atomic E-state index is 0.111. The molecule has 0 bridgehead atoms. The summed E-state index contributed by atoms with van der Waals surface area (Å²) < 4.78 is 69.7. The molecule has 2 rings (SSSR count). The standard InChI is InChI=1S/C15H23FN2O5S2/c16-14-4-6-15(7-5-14)23-11-13-24(19,20)17-8-12-25(21,22)18-9-2-1-3-10-18/h4-7,17H,1-3,8-13H2. The van der Waals surface area contributed by atoms with E-state index in [0.29, 0.717) is 18.8 Å². The average molecular weight is 394 g/mol. The summed E-state index contributed by atoms with van der Waals surface area (Å²) in [5, 5.41) is 0. The molecule has 0 unspecified atom stereocenters. The Morgan fingerprint density at radius 2 is 1.64 bits per heavy atom. The molecule has 1 aliphatic rings. The fraction of sp³-hybridized carbons (Fsp3) is 0.600. The maximum Gasteiger partial charge on any atom is 0.215 e. The molecule has 7 nitrogen and oxygen atoms in total. The van der Waals surface area contributed by atoms with Gasteiger partial charge in [0, 0.05) is 19.6 Å². The van der Waals surface area contributed by atoms with Crippen LogP contribution >= 0.6 is 0 Å². The minimum atomic E-state index is -3.65. The van der Waals surface area contributed by atoms with Crippen molar-refractivity contribution in [1.29, 1.82) is 0 Å². The first-order valence-corrected chi connectivity index (χ1v) is 11.4. The highest BCUT2D eigenvalue weighted by atomic mass is 32.2. The summed E-state index contributed by atoms with van der Waals surface area (Å²) in [7, 11) is -7.08. The second-order valence-electron chi connectivity index (χ2n) is 5.79. The molecule has 0 aliphatic carbocycles. The van der Waals surface area contributed by atoms with Gasteiger partial charge in [0.15, 0.2) is 0 Å². The monoisotopic (exact) mass is 394 g/mol. The molecule has 1 fully saturated rings. The molecule has 10 heteroatoms. The number of nitrogens with one attached hydrogen (secondary N) is 1. The number of rotatable bonds is 9. The van der Waals surface area contributed by atoms with E-state index in [1.54, 1.807) is 0 Å². The SMILES string of the molecule is O=S(=O)(CCOc1ccc(F)cc1)NCCS(=O)(=O)N1CCCCC1. The van der Waals surface area contributed by atoms with Gasteiger partial charge in [0.25, 0.3) is 0 Å². The van der Waals surface area contributed by atoms with Crippen molar-refractivity contribution in [2.24, 2.45) is 0 Å². The van der Waals surface area contributed by atoms with E-state index < -0.39 is 25.9 Å². The quantitative estimate of drug-likeness (QED) is 0.673. The first-order valence-electron chi connectivity index (χ1n) is 8.12. The van der Waals surface area contributed by atoms with E-state index in [1.165, 1.54) is 28.6 Å². The van der Waals surface area contributed by atoms with Crippen LogP contribution in [0.1, 0.15) is 19.3 Å². The van der Waals surface area contributed by atoms with Gasteiger partial charge in [-0.25, -0.2) is 30.3 Å². The van der Waals surface area contributed by atoms with Gasteiger partial charge in [-0.15, -0.1) is 0 Å². The Morgan fingerprint density at radius 1 is 1.00 bits per heavy atom. The lowest BCUT2D eigenvalue weighted by Gasteiger charge is -2.25. The van der Waals surface area contributed by atoms with Crippen molar-refractivity contribution in [2.45, 2.75) is 19.3 Å². The van der Waals surface area contributed by atoms with Crippen LogP contribution in [0.4, 0.5) is 4.39 Å². The van der Waals surface area contributed by atoms with Gasteiger partial charge < -0.3 is 4.74 Å². The van der Waals surface area contributed by atoms with Crippen LogP contribution in [-0.4, -0.2) is 58.9 Å². The van der Waals surface area contributed by atoms with Gasteiger partial charge in [0.1, 0.15) is 18.2 Å². The predicted octanol–water partition coefficient (Wildman–Crippen LogP) is 0.940. The van der Waals surface area contributed by atoms with Crippen LogP contribution in [0.2, 0.25) is 0 Å². The molecule has 0 aromatic heterocycles. The van der Waals surface area contributed by atoms with Crippen molar-refractivity contribution in [3.05, 3.63) is 30.1 Å². The first-order chi connectivity index (χ1) is 11.8. The van der Waals surface area contributed by atoms with Gasteiger partial charge >= 0.3 is 0 Å². The van der Waals surface area contributed by atoms with Crippen molar-refractivity contribution in [1.82, 2.24) is 9.03 Å². The van der Waals surface area contributed by atoms with Crippen molar-refractivity contribution >= 4 is 20.0 Å². The number of piperidine rings is 1. The van der Waals surface area contributed by atoms with Gasteiger partial charge in [-0.1, -0.05) is 6.42 Å². The Hall–Kier alpha value is -1.23. The Kier molecular flexibility index (Phi) is 7.17. The maximum atomic E-state index is 12.8. The zero-order valence-electron chi connectivity index (χ0n) is 13.9. The lowest BCUT2D eigenvalue weighted by atomic mass is 10.2. The van der Waals surface area contributed by atoms with Gasteiger partial charge in [-0.2, -0.15) is 0 Å². The average Bonchev–Trinajstić information content (AvgIpc) is 2.57. The molecule has 1 aromatic carbocycles. The third kappa shape index (κ3) is 6.89. The fourth-order valence-corrected chi connectivity index (χ4v) is 4.89. The predicted molar refractivity (Wildman–Crippen MR) is 92.9 cm³/mol. The number of hydrogen-bond donors (Lipinski definition) is 1. The van der Waals surface area contributed by atoms with Gasteiger partial charge in [-0.3, -0.25) is 0 Å². The summed E-state index contributed by atoms with van der Waals surface area (Å²) in [6.07, 6.45) is 2.70. The Morgan fingerprint density at radius 3 is 2.28 bits per heavy atom. The highest BCUT2D eigenvalue weighted by Crippen LogP contribution is 2.13. The lowest BCUT2D eigenvalue weighted by Crippen LogP contribution is -2.41. The second-order valence-corrected chi connectivity index (χ2v) is 9.81. The second kappa shape index (κ2) is 8.93. The molecule has 0 saturated carbocycles. The topological polar surface area (TPSA) is 92.8 Å². The molecule has 1 aliphatic heterocycles. The number of ether oxygens (including phenoxy) is 1. The molecular weight excluding hydrogens is 371 g/mol. The van der Waals surface area contributed by atoms with Crippen LogP contribution in [-0.2, 0) is 20.0 Å². The Labute approximate surface area is 148 Å². The third-order valence-corrected chi connectivity index (χ3v) is 7.04. The highest BCUT2D eigenvalue weighted by molar-refractivity contribution is 7.90. The summed E-state index contributed by atoms with van der Waals surface area (Å²) in [6.45, 7) is 0.721. The molecule has 0 atom stereocenters. The van der Waals surface area contributed by atoms with Crippen molar-refractivity contribution in [3.63, 3.8) is 0 Å². The molecule has 0 amide bonds. The summed E-state index contributed by atoms with van der Waals surface area (Å²) in [5.74, 6) is -0.611. The summed E-state index contributed by atoms with van der Waals surface area (Å²) in [6, 6.07) is 5.24. The molecule has 1 heterocycles. The molecule has 1 aromatic rings. The number of nitrogens with zero attached hydrogens (tertiary/aromatic N) is 1. The smallest absolute Gasteiger partial charge is 0.215 e. The van der Waals surface area contributed by atoms with Crippen LogP contribution < -0.4 is 9.46 Å². The van der Waals surface area contributed by atoms with Crippen LogP contribution in [0.15, 0.2) is 24.3 Å². The molecule has 1 N–H and O–H groups in total. The van der Waals surface area contributed by atoms with Crippen molar-refractivity contribution in [3.8, 4) is 5.75 Å². The number of hydrogen-bond acceptors (Lipinski definition) is 5. The van der Waals surface area contributed by atoms with E-state index in [0.717, 1.165) is 19.3 Å². The van der Waals surface area contributed by atoms with Crippen LogP contribution in [0.3, 0.4) is 0 Å². The van der Waals surface area contributed by atoms with Gasteiger partial charge in [0.05, 0.1) is 11.5 Å². The Balaban J connectivity index is 1.72. The molecule has 25 heavy (non-hydrogen) atoms. The largest absolute Gasteiger partial charge is 0.492 e. The molecule has 0 spiro atoms. The zero-order chi connectivity index (χ0) is 18.3. The summed E-state index contributed by atoms with van der Waals surface area (Å²) >= 11 is 0. The normalized spacial score (nSPS) is 16.7. The number of halogens is 1. The van der Waals surface area contributed by atoms with E-state index >= 15 is 0 Å². The van der Waals surface area contributed by atoms with E-state index in [1.807, 2.05) is 0 Å². The number of sulfonamides is 2. The fourth-order valence-electron chi connectivity index (χ4n) is 2.47. The summed E-state index contributed by atoms with van der Waals surface area (Å²) in [4.78, 5) is 0. The third-order valence-electron chi connectivity index (χ3n) is 3.82. The Bertz CT molecular complexity index is 745. The number of benzene rings is 1. The zero-order valence-corrected chi connectivity index (χ0v) is 15.5. The molecular formula is C15H23FN2O5S2. The molecule has 142 valence electrons. The first kappa shape index (κ1) is 20.1. The highest BCUT2D eigenvalue weighted by Gasteiger charge is 2.24. The van der Waals surface area contributed by atoms with Crippen molar-refractivity contribution < 1.29 is 26.0 Å². The molecule has 1 saturated heterocycles. The molecule has 0 radical (unpaired) electrons. The van der Waals surface area contributed by atoms with E-state index in [-0.39, 0.29) is 24.7 Å². The van der Waals surface area contributed by atoms with E-state index in [4.69, 9.17) is 4.74 Å². The minimum Gasteiger partial charge on any atom is -0.492 e.